The van der Waals surface area contributed by atoms with Crippen molar-refractivity contribution in [1.29, 1.82) is 0 Å². The molecule has 0 aliphatic rings. The first-order valence-corrected chi connectivity index (χ1v) is 6.98. The van der Waals surface area contributed by atoms with Crippen LogP contribution in [0.1, 0.15) is 11.3 Å². The predicted octanol–water partition coefficient (Wildman–Crippen LogP) is 4.48. The first-order chi connectivity index (χ1) is 10.2. The summed E-state index contributed by atoms with van der Waals surface area (Å²) >= 11 is 6.03. The fourth-order valence-electron chi connectivity index (χ4n) is 2.16. The van der Waals surface area contributed by atoms with Crippen LogP contribution in [0.2, 0.25) is 5.02 Å². The van der Waals surface area contributed by atoms with Crippen LogP contribution in [0.25, 0.3) is 10.9 Å². The smallest absolute Gasteiger partial charge is 0.138 e. The maximum Gasteiger partial charge on any atom is 0.138 e. The van der Waals surface area contributed by atoms with Crippen molar-refractivity contribution in [2.75, 3.05) is 0 Å². The van der Waals surface area contributed by atoms with E-state index in [2.05, 4.69) is 4.98 Å². The quantitative estimate of drug-likeness (QED) is 0.775. The number of aromatic nitrogens is 1. The fraction of sp³-hybridized carbons (Fsp3) is 0.118. The molecule has 0 aliphatic carbocycles. The molecule has 0 bridgehead atoms. The molecule has 1 heterocycles. The summed E-state index contributed by atoms with van der Waals surface area (Å²) in [7, 11) is 0. The molecule has 0 fully saturated rings. The van der Waals surface area contributed by atoms with Gasteiger partial charge in [-0.05, 0) is 36.8 Å². The highest BCUT2D eigenvalue weighted by atomic mass is 35.5. The average Bonchev–Trinajstić information content (AvgIpc) is 2.50. The van der Waals surface area contributed by atoms with Gasteiger partial charge < -0.3 is 9.84 Å². The van der Waals surface area contributed by atoms with E-state index in [4.69, 9.17) is 16.3 Å². The number of hydrogen-bond donors (Lipinski definition) is 1. The molecule has 0 saturated heterocycles. The number of aliphatic hydroxyl groups is 1. The minimum Gasteiger partial charge on any atom is -0.456 e. The number of pyridine rings is 1. The number of benzene rings is 2. The van der Waals surface area contributed by atoms with Crippen molar-refractivity contribution in [2.24, 2.45) is 0 Å². The molecule has 106 valence electrons. The number of ether oxygens (including phenoxy) is 1. The van der Waals surface area contributed by atoms with Crippen molar-refractivity contribution < 1.29 is 9.84 Å². The summed E-state index contributed by atoms with van der Waals surface area (Å²) in [5.41, 5.74) is 2.35. The Morgan fingerprint density at radius 2 is 1.90 bits per heavy atom. The van der Waals surface area contributed by atoms with E-state index in [1.54, 1.807) is 12.1 Å². The third-order valence-electron chi connectivity index (χ3n) is 3.26. The molecule has 3 nitrogen and oxygen atoms in total. The second-order valence-corrected chi connectivity index (χ2v) is 5.24. The molecule has 3 rings (SSSR count). The molecule has 2 aromatic carbocycles. The number of rotatable bonds is 3. The minimum atomic E-state index is -0.129. The van der Waals surface area contributed by atoms with E-state index >= 15 is 0 Å². The highest BCUT2D eigenvalue weighted by molar-refractivity contribution is 6.30. The molecule has 0 amide bonds. The monoisotopic (exact) mass is 299 g/mol. The Balaban J connectivity index is 2.13. The molecule has 1 N–H and O–H groups in total. The van der Waals surface area contributed by atoms with E-state index in [0.717, 1.165) is 16.5 Å². The van der Waals surface area contributed by atoms with Crippen LogP contribution in [0.15, 0.2) is 48.5 Å². The van der Waals surface area contributed by atoms with Gasteiger partial charge in [0.1, 0.15) is 11.5 Å². The number of aryl methyl sites for hydroxylation is 1. The maximum absolute atomic E-state index is 9.35. The second kappa shape index (κ2) is 5.72. The van der Waals surface area contributed by atoms with E-state index in [9.17, 15) is 5.11 Å². The minimum absolute atomic E-state index is 0.129. The molecule has 21 heavy (non-hydrogen) atoms. The molecule has 0 radical (unpaired) electrons. The Hall–Kier alpha value is -2.10. The zero-order chi connectivity index (χ0) is 14.8. The van der Waals surface area contributed by atoms with Crippen LogP contribution in [-0.4, -0.2) is 10.1 Å². The predicted molar refractivity (Wildman–Crippen MR) is 83.9 cm³/mol. The highest BCUT2D eigenvalue weighted by Crippen LogP contribution is 2.32. The lowest BCUT2D eigenvalue weighted by molar-refractivity contribution is 0.276. The molecule has 0 saturated carbocycles. The van der Waals surface area contributed by atoms with Crippen molar-refractivity contribution in [3.8, 4) is 11.5 Å². The molecular formula is C17H14ClNO2. The lowest BCUT2D eigenvalue weighted by Gasteiger charge is -2.12. The Bertz CT molecular complexity index is 802. The van der Waals surface area contributed by atoms with Crippen LogP contribution in [0, 0.1) is 6.92 Å². The highest BCUT2D eigenvalue weighted by Gasteiger charge is 2.09. The van der Waals surface area contributed by atoms with Gasteiger partial charge in [0.2, 0.25) is 0 Å². The lowest BCUT2D eigenvalue weighted by Crippen LogP contribution is -1.95. The van der Waals surface area contributed by atoms with E-state index < -0.39 is 0 Å². The molecule has 4 heteroatoms. The van der Waals surface area contributed by atoms with Gasteiger partial charge in [-0.2, -0.15) is 0 Å². The number of halogens is 1. The number of aliphatic hydroxyl groups excluding tert-OH is 1. The molecule has 1 aromatic heterocycles. The zero-order valence-electron chi connectivity index (χ0n) is 11.5. The van der Waals surface area contributed by atoms with Gasteiger partial charge in [-0.1, -0.05) is 29.8 Å². The maximum atomic E-state index is 9.35. The first kappa shape index (κ1) is 13.9. The van der Waals surface area contributed by atoms with Gasteiger partial charge in [0.25, 0.3) is 0 Å². The molecule has 0 unspecified atom stereocenters. The normalized spacial score (nSPS) is 10.8. The van der Waals surface area contributed by atoms with Crippen LogP contribution in [-0.2, 0) is 6.61 Å². The summed E-state index contributed by atoms with van der Waals surface area (Å²) in [6.07, 6.45) is 0. The molecule has 0 aliphatic heterocycles. The number of fused-ring (bicyclic) bond motifs is 1. The Morgan fingerprint density at radius 1 is 1.10 bits per heavy atom. The average molecular weight is 300 g/mol. The molecule has 0 atom stereocenters. The number of para-hydroxylation sites is 1. The Morgan fingerprint density at radius 3 is 2.71 bits per heavy atom. The third kappa shape index (κ3) is 2.84. The van der Waals surface area contributed by atoms with Crippen LogP contribution in [0.3, 0.4) is 0 Å². The lowest BCUT2D eigenvalue weighted by atomic mass is 10.1. The fourth-order valence-corrected chi connectivity index (χ4v) is 2.33. The topological polar surface area (TPSA) is 42.4 Å². The van der Waals surface area contributed by atoms with Crippen LogP contribution < -0.4 is 4.74 Å². The van der Waals surface area contributed by atoms with E-state index in [1.807, 2.05) is 43.3 Å². The Kier molecular flexibility index (Phi) is 3.78. The third-order valence-corrected chi connectivity index (χ3v) is 3.50. The van der Waals surface area contributed by atoms with E-state index in [1.165, 1.54) is 0 Å². The van der Waals surface area contributed by atoms with Crippen LogP contribution >= 0.6 is 11.6 Å². The van der Waals surface area contributed by atoms with Gasteiger partial charge in [0.05, 0.1) is 17.8 Å². The molecule has 3 aromatic rings. The summed E-state index contributed by atoms with van der Waals surface area (Å²) in [5, 5.41) is 10.9. The van der Waals surface area contributed by atoms with Crippen LogP contribution in [0.4, 0.5) is 0 Å². The second-order valence-electron chi connectivity index (χ2n) is 4.80. The standard InChI is InChI=1S/C17H14ClNO2/c1-11-6-7-12(18)8-16(11)21-17-9-13(10-20)19-15-5-3-2-4-14(15)17/h2-9,20H,10H2,1H3. The van der Waals surface area contributed by atoms with E-state index in [0.29, 0.717) is 22.2 Å². The number of hydrogen-bond acceptors (Lipinski definition) is 3. The Labute approximate surface area is 127 Å². The molecule has 0 spiro atoms. The van der Waals surface area contributed by atoms with Crippen molar-refractivity contribution >= 4 is 22.5 Å². The number of nitrogens with zero attached hydrogens (tertiary/aromatic N) is 1. The summed E-state index contributed by atoms with van der Waals surface area (Å²) < 4.78 is 6.01. The van der Waals surface area contributed by atoms with E-state index in [-0.39, 0.29) is 6.61 Å². The summed E-state index contributed by atoms with van der Waals surface area (Å²) in [5.74, 6) is 1.36. The van der Waals surface area contributed by atoms with Gasteiger partial charge in [-0.3, -0.25) is 4.98 Å². The van der Waals surface area contributed by atoms with Gasteiger partial charge in [-0.25, -0.2) is 0 Å². The largest absolute Gasteiger partial charge is 0.456 e. The summed E-state index contributed by atoms with van der Waals surface area (Å²) in [6, 6.07) is 14.9. The summed E-state index contributed by atoms with van der Waals surface area (Å²) in [6.45, 7) is 1.83. The van der Waals surface area contributed by atoms with Gasteiger partial charge in [-0.15, -0.1) is 0 Å². The van der Waals surface area contributed by atoms with Gasteiger partial charge in [0.15, 0.2) is 0 Å². The van der Waals surface area contributed by atoms with Crippen LogP contribution in [0.5, 0.6) is 11.5 Å². The van der Waals surface area contributed by atoms with Crippen molar-refractivity contribution in [1.82, 2.24) is 4.98 Å². The molecular weight excluding hydrogens is 286 g/mol. The van der Waals surface area contributed by atoms with Crippen molar-refractivity contribution in [3.05, 3.63) is 64.8 Å². The van der Waals surface area contributed by atoms with Gasteiger partial charge >= 0.3 is 0 Å². The zero-order valence-corrected chi connectivity index (χ0v) is 12.3. The summed E-state index contributed by atoms with van der Waals surface area (Å²) in [4.78, 5) is 4.38. The SMILES string of the molecule is Cc1ccc(Cl)cc1Oc1cc(CO)nc2ccccc12. The van der Waals surface area contributed by atoms with Crippen molar-refractivity contribution in [3.63, 3.8) is 0 Å². The van der Waals surface area contributed by atoms with Gasteiger partial charge in [0, 0.05) is 16.5 Å². The van der Waals surface area contributed by atoms with Crippen molar-refractivity contribution in [2.45, 2.75) is 13.5 Å². The first-order valence-electron chi connectivity index (χ1n) is 6.61.